The van der Waals surface area contributed by atoms with Gasteiger partial charge in [0, 0.05) is 55.9 Å². The normalized spacial score (nSPS) is 13.6. The molecule has 0 atom stereocenters. The van der Waals surface area contributed by atoms with E-state index in [0.29, 0.717) is 0 Å². The molecule has 0 radical (unpaired) electrons. The summed E-state index contributed by atoms with van der Waals surface area (Å²) in [5, 5.41) is 0. The van der Waals surface area contributed by atoms with Crippen molar-refractivity contribution < 1.29 is 4.79 Å². The van der Waals surface area contributed by atoms with Gasteiger partial charge in [0.25, 0.3) is 0 Å². The Bertz CT molecular complexity index is 4690. The molecule has 0 aliphatic heterocycles. The van der Waals surface area contributed by atoms with Gasteiger partial charge in [0.2, 0.25) is 0 Å². The summed E-state index contributed by atoms with van der Waals surface area (Å²) in [6, 6.07) is 84.3. The Morgan fingerprint density at radius 1 is 0.222 bits per heavy atom. The number of hydrogen-bond donors (Lipinski definition) is 0. The molecule has 616 valence electrons. The average Bonchev–Trinajstić information content (AvgIpc) is 1.57. The molecule has 3 aliphatic rings. The summed E-state index contributed by atoms with van der Waals surface area (Å²) in [5.41, 5.74) is 32.6. The van der Waals surface area contributed by atoms with Gasteiger partial charge in [-0.25, -0.2) is 0 Å². The minimum Gasteiger partial charge on any atom is -0.310 e. The van der Waals surface area contributed by atoms with Crippen LogP contribution in [0.3, 0.4) is 0 Å². The Labute approximate surface area is 709 Å². The van der Waals surface area contributed by atoms with Crippen LogP contribution in [0.5, 0.6) is 0 Å². The van der Waals surface area contributed by atoms with Crippen LogP contribution in [0.15, 0.2) is 212 Å². The number of rotatable bonds is 51. The number of carbonyl (C=O) groups is 1. The molecule has 0 N–H and O–H groups in total. The minimum atomic E-state index is -0.203. The molecule has 0 saturated heterocycles. The van der Waals surface area contributed by atoms with Crippen LogP contribution in [0, 0.1) is 13.8 Å². The van der Waals surface area contributed by atoms with Crippen molar-refractivity contribution in [2.75, 3.05) is 9.80 Å². The van der Waals surface area contributed by atoms with Gasteiger partial charge in [0.1, 0.15) is 6.29 Å². The largest absolute Gasteiger partial charge is 0.310 e. The Kier molecular flexibility index (Phi) is 31.7. The second-order valence-electron chi connectivity index (χ2n) is 36.2. The molecule has 0 saturated carbocycles. The summed E-state index contributed by atoms with van der Waals surface area (Å²) < 4.78 is 0. The Morgan fingerprint density at radius 2 is 0.462 bits per heavy atom. The molecule has 3 nitrogen and oxygen atoms in total. The number of hydrogen-bond acceptors (Lipinski definition) is 3. The number of carbonyl (C=O) groups excluding carboxylic acids is 1. The van der Waals surface area contributed by atoms with Crippen molar-refractivity contribution in [3.05, 3.63) is 262 Å². The molecule has 0 bridgehead atoms. The Morgan fingerprint density at radius 3 is 0.786 bits per heavy atom. The van der Waals surface area contributed by atoms with Crippen LogP contribution < -0.4 is 9.80 Å². The van der Waals surface area contributed by atoms with E-state index in [-0.39, 0.29) is 16.2 Å². The first-order valence-electron chi connectivity index (χ1n) is 47.8. The molecule has 3 heteroatoms. The third kappa shape index (κ3) is 20.2. The predicted molar refractivity (Wildman–Crippen MR) is 508 cm³/mol. The highest BCUT2D eigenvalue weighted by Crippen LogP contribution is 2.60. The smallest absolute Gasteiger partial charge is 0.150 e. The van der Waals surface area contributed by atoms with E-state index in [2.05, 4.69) is 278 Å². The monoisotopic (exact) mass is 1560 g/mol. The fourth-order valence-corrected chi connectivity index (χ4v) is 21.3. The van der Waals surface area contributed by atoms with Crippen LogP contribution in [0.25, 0.3) is 55.6 Å². The number of unbranched alkanes of at least 4 members (excludes halogenated alkanes) is 30. The fraction of sp³-hybridized carbons (Fsp3) is 0.465. The van der Waals surface area contributed by atoms with Crippen molar-refractivity contribution in [2.45, 2.75) is 341 Å². The minimum absolute atomic E-state index is 0.0284. The van der Waals surface area contributed by atoms with Crippen molar-refractivity contribution in [3.63, 3.8) is 0 Å². The van der Waals surface area contributed by atoms with Crippen LogP contribution in [-0.2, 0) is 16.2 Å². The third-order valence-electron chi connectivity index (χ3n) is 27.9. The summed E-state index contributed by atoms with van der Waals surface area (Å²) >= 11 is 0. The second kappa shape index (κ2) is 42.9. The first-order chi connectivity index (χ1) is 57.5. The highest BCUT2D eigenvalue weighted by Gasteiger charge is 2.46. The Balaban J connectivity index is 0.876. The maximum atomic E-state index is 12.7. The predicted octanol–water partition coefficient (Wildman–Crippen LogP) is 35.7. The third-order valence-corrected chi connectivity index (χ3v) is 27.9. The van der Waals surface area contributed by atoms with E-state index in [4.69, 9.17) is 0 Å². The molecule has 3 aliphatic carbocycles. The first kappa shape index (κ1) is 86.3. The molecule has 0 amide bonds. The van der Waals surface area contributed by atoms with E-state index < -0.39 is 0 Å². The maximum absolute atomic E-state index is 12.7. The summed E-state index contributed by atoms with van der Waals surface area (Å²) in [7, 11) is 0. The van der Waals surface area contributed by atoms with E-state index in [1.165, 1.54) is 361 Å². The van der Waals surface area contributed by atoms with E-state index in [1.54, 1.807) is 11.1 Å². The van der Waals surface area contributed by atoms with E-state index >= 15 is 0 Å². The van der Waals surface area contributed by atoms with Crippen LogP contribution in [-0.4, -0.2) is 6.29 Å². The van der Waals surface area contributed by atoms with Crippen LogP contribution in [0.2, 0.25) is 0 Å². The molecule has 0 spiro atoms. The molecular weight excluding hydrogens is 1410 g/mol. The highest BCUT2D eigenvalue weighted by atomic mass is 16.1. The maximum Gasteiger partial charge on any atom is 0.150 e. The van der Waals surface area contributed by atoms with E-state index in [1.807, 2.05) is 0 Å². The first-order valence-corrected chi connectivity index (χ1v) is 47.8. The molecule has 10 aromatic rings. The van der Waals surface area contributed by atoms with Gasteiger partial charge in [-0.3, -0.25) is 4.79 Å². The van der Waals surface area contributed by atoms with E-state index in [9.17, 15) is 4.79 Å². The molecule has 0 heterocycles. The average molecular weight is 1560 g/mol. The van der Waals surface area contributed by atoms with Crippen molar-refractivity contribution in [2.24, 2.45) is 0 Å². The highest BCUT2D eigenvalue weighted by molar-refractivity contribution is 5.92. The second-order valence-corrected chi connectivity index (χ2v) is 36.2. The zero-order valence-corrected chi connectivity index (χ0v) is 73.8. The van der Waals surface area contributed by atoms with Crippen molar-refractivity contribution in [3.8, 4) is 55.6 Å². The van der Waals surface area contributed by atoms with Gasteiger partial charge in [-0.05, 0) is 232 Å². The molecule has 13 rings (SSSR count). The SMILES string of the molecule is CCCCCCCCC1(CCCCCCCC)c2ccccc2-c2ccc(-c3ccc(N(c4ccc(C)cc4)c4ccc5c(c4)C(CCCCCCCC)(CCCCCCCC)c4cc(N(c6ccc(C)cc6)c6ccc(-c7ccc8c(c7)C(CCCCCCCC)(CCCCCCCC)c7cc(C=O)ccc7-8)cc6)ccc4-5)cc3)cc21. The lowest BCUT2D eigenvalue weighted by Crippen LogP contribution is -2.26. The number of aldehydes is 1. The van der Waals surface area contributed by atoms with Gasteiger partial charge in [0.15, 0.2) is 0 Å². The van der Waals surface area contributed by atoms with Gasteiger partial charge in [-0.2, -0.15) is 0 Å². The number of anilines is 6. The van der Waals surface area contributed by atoms with Crippen molar-refractivity contribution in [1.82, 2.24) is 0 Å². The van der Waals surface area contributed by atoms with Crippen LogP contribution >= 0.6 is 0 Å². The number of aryl methyl sites for hydroxylation is 2. The zero-order chi connectivity index (χ0) is 81.2. The lowest BCUT2D eigenvalue weighted by Gasteiger charge is -2.35. The molecule has 117 heavy (non-hydrogen) atoms. The van der Waals surface area contributed by atoms with Gasteiger partial charge >= 0.3 is 0 Å². The zero-order valence-electron chi connectivity index (χ0n) is 73.8. The van der Waals surface area contributed by atoms with Crippen LogP contribution in [0.4, 0.5) is 34.1 Å². The van der Waals surface area contributed by atoms with Gasteiger partial charge < -0.3 is 9.80 Å². The lowest BCUT2D eigenvalue weighted by molar-refractivity contribution is 0.112. The quantitative estimate of drug-likeness (QED) is 0.0280. The summed E-state index contributed by atoms with van der Waals surface area (Å²) in [5.74, 6) is 0. The molecular formula is C114H144N2O. The molecule has 10 aromatic carbocycles. The summed E-state index contributed by atoms with van der Waals surface area (Å²) in [6.45, 7) is 18.5. The van der Waals surface area contributed by atoms with Crippen LogP contribution in [0.1, 0.15) is 366 Å². The standard InChI is InChI=1S/C114H144N2O/c1-9-15-21-27-33-41-75-112(76-42-34-28-22-16-10-2)106-48-40-39-47-100(106)102-71-58-92(82-108(102)112)90-54-64-96(65-55-90)115(94-60-49-87(7)50-61-94)98-68-73-104-105-74-69-99(85-111(105)114(110(104)84-98,79-45-37-31-25-19-13-5)80-46-38-32-26-20-14-6)116(95-62-51-88(8)52-63-95)97-66-56-91(57-67-97)93-59-72-103-101-70-53-89(86-117)81-107(101)113(109(103)83-93,77-43-35-29-23-17-11-3)78-44-36-30-24-18-12-4/h39-40,47-74,81-86H,9-38,41-46,75-80H2,1-8H3. The molecule has 0 aromatic heterocycles. The Hall–Kier alpha value is -8.53. The summed E-state index contributed by atoms with van der Waals surface area (Å²) in [6.07, 6.45) is 54.3. The fourth-order valence-electron chi connectivity index (χ4n) is 21.3. The van der Waals surface area contributed by atoms with Crippen molar-refractivity contribution in [1.29, 1.82) is 0 Å². The molecule has 0 fully saturated rings. The van der Waals surface area contributed by atoms with Crippen molar-refractivity contribution >= 4 is 40.4 Å². The topological polar surface area (TPSA) is 23.6 Å². The number of nitrogens with zero attached hydrogens (tertiary/aromatic N) is 2. The van der Waals surface area contributed by atoms with Gasteiger partial charge in [-0.1, -0.05) is 405 Å². The lowest BCUT2D eigenvalue weighted by atomic mass is 9.70. The van der Waals surface area contributed by atoms with Gasteiger partial charge in [-0.15, -0.1) is 0 Å². The number of benzene rings is 10. The van der Waals surface area contributed by atoms with E-state index in [0.717, 1.165) is 43.2 Å². The number of fused-ring (bicyclic) bond motifs is 9. The van der Waals surface area contributed by atoms with Gasteiger partial charge in [0.05, 0.1) is 0 Å². The summed E-state index contributed by atoms with van der Waals surface area (Å²) in [4.78, 5) is 17.8. The molecule has 0 unspecified atom stereocenters.